The summed E-state index contributed by atoms with van der Waals surface area (Å²) in [5.41, 5.74) is 1.30. The first-order valence-corrected chi connectivity index (χ1v) is 9.70. The lowest BCUT2D eigenvalue weighted by Gasteiger charge is -2.09. The number of nitrogens with zero attached hydrogens (tertiary/aromatic N) is 7. The molecule has 0 fully saturated rings. The van der Waals surface area contributed by atoms with Crippen molar-refractivity contribution in [3.05, 3.63) is 72.2 Å². The number of hydrogen-bond donors (Lipinski definition) is 0. The van der Waals surface area contributed by atoms with Crippen LogP contribution >= 0.6 is 11.8 Å². The minimum absolute atomic E-state index is 0.247. The fourth-order valence-corrected chi connectivity index (χ4v) is 3.72. The number of hydrogen-bond acceptors (Lipinski definition) is 7. The van der Waals surface area contributed by atoms with Crippen molar-refractivity contribution in [2.75, 3.05) is 0 Å². The zero-order valence-corrected chi connectivity index (χ0v) is 16.1. The summed E-state index contributed by atoms with van der Waals surface area (Å²) in [6, 6.07) is 16.7. The van der Waals surface area contributed by atoms with Gasteiger partial charge in [-0.2, -0.15) is 9.61 Å². The fourth-order valence-electron chi connectivity index (χ4n) is 2.93. The highest BCUT2D eigenvalue weighted by atomic mass is 32.2. The Kier molecular flexibility index (Phi) is 4.71. The van der Waals surface area contributed by atoms with Gasteiger partial charge in [-0.25, -0.2) is 8.78 Å². The minimum atomic E-state index is -2.78. The van der Waals surface area contributed by atoms with Crippen molar-refractivity contribution in [2.24, 2.45) is 0 Å². The molecule has 0 atom stereocenters. The van der Waals surface area contributed by atoms with Gasteiger partial charge in [-0.1, -0.05) is 30.3 Å². The van der Waals surface area contributed by atoms with E-state index in [4.69, 9.17) is 4.42 Å². The Hall–Kier alpha value is -3.60. The van der Waals surface area contributed by atoms with Gasteiger partial charge in [0.25, 0.3) is 6.43 Å². The van der Waals surface area contributed by atoms with Gasteiger partial charge in [0.05, 0.1) is 12.8 Å². The van der Waals surface area contributed by atoms with Gasteiger partial charge in [0.1, 0.15) is 5.03 Å². The quantitative estimate of drug-likeness (QED) is 0.405. The highest BCUT2D eigenvalue weighted by Crippen LogP contribution is 2.30. The number of furan rings is 1. The molecular weight excluding hydrogens is 412 g/mol. The van der Waals surface area contributed by atoms with Crippen LogP contribution in [0.3, 0.4) is 0 Å². The Bertz CT molecular complexity index is 1290. The Labute approximate surface area is 172 Å². The summed E-state index contributed by atoms with van der Waals surface area (Å²) in [5, 5.41) is 21.0. The van der Waals surface area contributed by atoms with E-state index < -0.39 is 12.2 Å². The molecule has 0 aliphatic carbocycles. The van der Waals surface area contributed by atoms with Crippen LogP contribution in [-0.2, 0) is 6.54 Å². The van der Waals surface area contributed by atoms with E-state index in [0.29, 0.717) is 28.3 Å². The molecule has 1 aromatic carbocycles. The molecule has 150 valence electrons. The Morgan fingerprint density at radius 3 is 2.57 bits per heavy atom. The third kappa shape index (κ3) is 3.43. The molecule has 0 unspecified atom stereocenters. The lowest BCUT2D eigenvalue weighted by atomic mass is 10.2. The van der Waals surface area contributed by atoms with Crippen molar-refractivity contribution in [1.29, 1.82) is 0 Å². The van der Waals surface area contributed by atoms with Gasteiger partial charge in [-0.05, 0) is 41.6 Å². The normalized spacial score (nSPS) is 11.6. The number of fused-ring (bicyclic) bond motifs is 1. The first-order chi connectivity index (χ1) is 14.7. The predicted octanol–water partition coefficient (Wildman–Crippen LogP) is 4.11. The van der Waals surface area contributed by atoms with E-state index in [1.165, 1.54) is 11.8 Å². The lowest BCUT2D eigenvalue weighted by Crippen LogP contribution is -2.04. The Morgan fingerprint density at radius 2 is 1.80 bits per heavy atom. The van der Waals surface area contributed by atoms with Crippen molar-refractivity contribution >= 4 is 17.4 Å². The van der Waals surface area contributed by atoms with E-state index in [9.17, 15) is 8.78 Å². The molecular formula is C19H13F2N7OS. The maximum Gasteiger partial charge on any atom is 0.299 e. The van der Waals surface area contributed by atoms with Gasteiger partial charge in [-0.15, -0.1) is 20.4 Å². The Balaban J connectivity index is 1.54. The fraction of sp³-hybridized carbons (Fsp3) is 0.105. The van der Waals surface area contributed by atoms with Crippen LogP contribution in [0.5, 0.6) is 0 Å². The zero-order chi connectivity index (χ0) is 20.5. The molecule has 4 aromatic heterocycles. The van der Waals surface area contributed by atoms with Crippen molar-refractivity contribution < 1.29 is 13.2 Å². The third-order valence-corrected chi connectivity index (χ3v) is 5.21. The maximum absolute atomic E-state index is 13.1. The van der Waals surface area contributed by atoms with Gasteiger partial charge in [-0.3, -0.25) is 4.57 Å². The molecule has 0 radical (unpaired) electrons. The molecule has 0 saturated heterocycles. The van der Waals surface area contributed by atoms with Crippen LogP contribution < -0.4 is 0 Å². The number of alkyl halides is 2. The average Bonchev–Trinajstić information content (AvgIpc) is 3.49. The highest BCUT2D eigenvalue weighted by molar-refractivity contribution is 7.99. The molecule has 0 amide bonds. The number of rotatable bonds is 6. The van der Waals surface area contributed by atoms with Gasteiger partial charge in [0, 0.05) is 0 Å². The molecule has 0 aliphatic rings. The summed E-state index contributed by atoms with van der Waals surface area (Å²) in [5.74, 6) is 0.631. The van der Waals surface area contributed by atoms with Crippen LogP contribution in [0.2, 0.25) is 0 Å². The van der Waals surface area contributed by atoms with Gasteiger partial charge in [0.15, 0.2) is 16.6 Å². The van der Waals surface area contributed by atoms with Gasteiger partial charge < -0.3 is 4.42 Å². The number of aromatic nitrogens is 7. The van der Waals surface area contributed by atoms with Gasteiger partial charge in [0.2, 0.25) is 11.6 Å². The minimum Gasteiger partial charge on any atom is -0.461 e. The van der Waals surface area contributed by atoms with Crippen LogP contribution in [0.15, 0.2) is 75.5 Å². The van der Waals surface area contributed by atoms with E-state index in [0.717, 1.165) is 10.1 Å². The van der Waals surface area contributed by atoms with Crippen molar-refractivity contribution in [1.82, 2.24) is 34.6 Å². The zero-order valence-electron chi connectivity index (χ0n) is 15.3. The van der Waals surface area contributed by atoms with Crippen LogP contribution in [-0.4, -0.2) is 34.6 Å². The number of halogens is 2. The molecule has 5 rings (SSSR count). The van der Waals surface area contributed by atoms with E-state index in [1.807, 2.05) is 34.9 Å². The van der Waals surface area contributed by atoms with E-state index in [-0.39, 0.29) is 5.65 Å². The summed E-state index contributed by atoms with van der Waals surface area (Å²) < 4.78 is 34.7. The van der Waals surface area contributed by atoms with Crippen molar-refractivity contribution in [3.63, 3.8) is 0 Å². The molecule has 5 aromatic rings. The molecule has 0 bridgehead atoms. The maximum atomic E-state index is 13.1. The summed E-state index contributed by atoms with van der Waals surface area (Å²) >= 11 is 1.21. The van der Waals surface area contributed by atoms with Crippen molar-refractivity contribution in [3.8, 4) is 11.6 Å². The second kappa shape index (κ2) is 7.67. The molecule has 0 spiro atoms. The molecule has 11 heteroatoms. The summed E-state index contributed by atoms with van der Waals surface area (Å²) in [6.45, 7) is 0.503. The molecule has 8 nitrogen and oxygen atoms in total. The Morgan fingerprint density at radius 1 is 0.933 bits per heavy atom. The first kappa shape index (κ1) is 18.4. The summed E-state index contributed by atoms with van der Waals surface area (Å²) in [6.07, 6.45) is -1.21. The predicted molar refractivity (Wildman–Crippen MR) is 103 cm³/mol. The second-order valence-electron chi connectivity index (χ2n) is 6.26. The van der Waals surface area contributed by atoms with Crippen LogP contribution in [0, 0.1) is 0 Å². The first-order valence-electron chi connectivity index (χ1n) is 8.88. The second-order valence-corrected chi connectivity index (χ2v) is 7.25. The largest absolute Gasteiger partial charge is 0.461 e. The average molecular weight is 425 g/mol. The highest BCUT2D eigenvalue weighted by Gasteiger charge is 2.20. The molecule has 30 heavy (non-hydrogen) atoms. The van der Waals surface area contributed by atoms with Crippen LogP contribution in [0.1, 0.15) is 17.8 Å². The molecule has 4 heterocycles. The molecule has 0 saturated carbocycles. The third-order valence-electron chi connectivity index (χ3n) is 4.30. The van der Waals surface area contributed by atoms with Gasteiger partial charge >= 0.3 is 0 Å². The molecule has 0 N–H and O–H groups in total. The van der Waals surface area contributed by atoms with E-state index >= 15 is 0 Å². The smallest absolute Gasteiger partial charge is 0.299 e. The summed E-state index contributed by atoms with van der Waals surface area (Å²) in [4.78, 5) is 0. The number of benzene rings is 1. The molecule has 0 aliphatic heterocycles. The van der Waals surface area contributed by atoms with Crippen LogP contribution in [0.25, 0.3) is 17.2 Å². The monoisotopic (exact) mass is 425 g/mol. The van der Waals surface area contributed by atoms with Crippen molar-refractivity contribution in [2.45, 2.75) is 23.2 Å². The summed E-state index contributed by atoms with van der Waals surface area (Å²) in [7, 11) is 0. The van der Waals surface area contributed by atoms with E-state index in [1.54, 1.807) is 30.5 Å². The lowest BCUT2D eigenvalue weighted by molar-refractivity contribution is 0.137. The SMILES string of the molecule is FC(F)c1nnc2ccc(Sc3nnc(-c4ccco4)n3Cc3ccccc3)nn12. The van der Waals surface area contributed by atoms with E-state index in [2.05, 4.69) is 25.5 Å². The standard InChI is InChI=1S/C19H13F2N7OS/c20-16(21)18-24-22-14-8-9-15(26-28(14)18)30-19-25-23-17(13-7-4-10-29-13)27(19)11-12-5-2-1-3-6-12/h1-10,16H,11H2. The van der Waals surface area contributed by atoms with Crippen LogP contribution in [0.4, 0.5) is 8.78 Å². The topological polar surface area (TPSA) is 86.9 Å².